The Morgan fingerprint density at radius 3 is 1.09 bits per heavy atom. The van der Waals surface area contributed by atoms with Crippen LogP contribution in [0.25, 0.3) is 0 Å². The van der Waals surface area contributed by atoms with Gasteiger partial charge in [-0.05, 0) is 19.8 Å². The zero-order chi connectivity index (χ0) is 42.2. The molecule has 2 N–H and O–H groups in total. The number of nitrogens with zero attached hydrogens (tertiary/aromatic N) is 1. The minimum atomic E-state index is -0.741. The number of ether oxygens (including phenoxy) is 12. The highest BCUT2D eigenvalue weighted by atomic mass is 16.6. The van der Waals surface area contributed by atoms with Crippen molar-refractivity contribution < 1.29 is 90.4 Å². The predicted molar refractivity (Wildman–Crippen MR) is 195 cm³/mol. The average molecular weight is 828 g/mol. The summed E-state index contributed by atoms with van der Waals surface area (Å²) in [6.45, 7) is 6.43. The van der Waals surface area contributed by atoms with Gasteiger partial charge in [0.1, 0.15) is 58.6 Å². The number of hydrogen-bond acceptors (Lipinski definition) is 20. The van der Waals surface area contributed by atoms with Crippen LogP contribution >= 0.6 is 0 Å². The lowest BCUT2D eigenvalue weighted by molar-refractivity contribution is -0.157. The normalized spacial score (nSPS) is 10.7. The molecule has 0 heterocycles. The van der Waals surface area contributed by atoms with Crippen LogP contribution in [0.1, 0.15) is 33.6 Å². The van der Waals surface area contributed by atoms with Crippen molar-refractivity contribution in [2.24, 2.45) is 0 Å². The Morgan fingerprint density at radius 1 is 0.404 bits per heavy atom. The Hall–Kier alpha value is -4.19. The number of ketones is 1. The van der Waals surface area contributed by atoms with E-state index in [1.807, 2.05) is 13.8 Å². The van der Waals surface area contributed by atoms with E-state index in [0.29, 0.717) is 26.3 Å². The van der Waals surface area contributed by atoms with Crippen molar-refractivity contribution in [1.82, 2.24) is 15.5 Å². The van der Waals surface area contributed by atoms with Crippen molar-refractivity contribution in [2.45, 2.75) is 33.6 Å². The molecule has 0 saturated carbocycles. The van der Waals surface area contributed by atoms with Crippen LogP contribution < -0.4 is 10.6 Å². The van der Waals surface area contributed by atoms with Gasteiger partial charge in [-0.15, -0.1) is 0 Å². The minimum Gasteiger partial charge on any atom is -0.463 e. The molecule has 330 valence electrons. The SMILES string of the molecule is CCCOC(=O)NCCOCCOCCOC(=O)COCC(=O)OCCN(CCOC(=O)COCC(=O)OCCOCCOCCNC(=O)OCCC)CC(C)=O. The molecule has 0 rings (SSSR count). The van der Waals surface area contributed by atoms with Gasteiger partial charge < -0.3 is 67.5 Å². The third-order valence-electron chi connectivity index (χ3n) is 6.30. The summed E-state index contributed by atoms with van der Waals surface area (Å²) in [5, 5.41) is 5.08. The third-order valence-corrected chi connectivity index (χ3v) is 6.30. The number of esters is 4. The molecule has 0 aliphatic rings. The summed E-state index contributed by atoms with van der Waals surface area (Å²) in [5.41, 5.74) is 0. The van der Waals surface area contributed by atoms with Gasteiger partial charge in [0.2, 0.25) is 0 Å². The van der Waals surface area contributed by atoms with Gasteiger partial charge >= 0.3 is 36.1 Å². The monoisotopic (exact) mass is 827 g/mol. The second-order valence-corrected chi connectivity index (χ2v) is 11.4. The molecule has 22 heteroatoms. The van der Waals surface area contributed by atoms with Crippen LogP contribution in [0.15, 0.2) is 0 Å². The van der Waals surface area contributed by atoms with Crippen LogP contribution in [0.4, 0.5) is 9.59 Å². The fraction of sp³-hybridized carbons (Fsp3) is 0.800. The first-order valence-electron chi connectivity index (χ1n) is 18.7. The molecule has 22 nitrogen and oxygen atoms in total. The highest BCUT2D eigenvalue weighted by Gasteiger charge is 2.13. The van der Waals surface area contributed by atoms with E-state index >= 15 is 0 Å². The maximum Gasteiger partial charge on any atom is 0.407 e. The van der Waals surface area contributed by atoms with Gasteiger partial charge in [-0.25, -0.2) is 28.8 Å². The van der Waals surface area contributed by atoms with Crippen molar-refractivity contribution in [1.29, 1.82) is 0 Å². The highest BCUT2D eigenvalue weighted by Crippen LogP contribution is 1.94. The summed E-state index contributed by atoms with van der Waals surface area (Å²) in [4.78, 5) is 83.3. The van der Waals surface area contributed by atoms with E-state index in [2.05, 4.69) is 10.6 Å². The van der Waals surface area contributed by atoms with E-state index in [0.717, 1.165) is 12.8 Å². The third kappa shape index (κ3) is 38.5. The highest BCUT2D eigenvalue weighted by molar-refractivity contribution is 5.77. The zero-order valence-electron chi connectivity index (χ0n) is 33.4. The summed E-state index contributed by atoms with van der Waals surface area (Å²) in [5.74, 6) is -3.05. The fourth-order valence-corrected chi connectivity index (χ4v) is 3.78. The van der Waals surface area contributed by atoms with Gasteiger partial charge in [-0.1, -0.05) is 13.8 Å². The standard InChI is InChI=1S/C35H61N3O19/c1-4-10-56-34(44)36-6-12-46-16-18-48-20-22-54-32(42)27-50-25-30(40)52-14-8-38(24-29(3)39)9-15-53-31(41)26-51-28-33(43)55-23-21-49-19-17-47-13-7-37-35(45)57-11-5-2/h4-28H2,1-3H3,(H,36,44)(H,37,45). The van der Waals surface area contributed by atoms with Crippen LogP contribution in [-0.4, -0.2) is 198 Å². The lowest BCUT2D eigenvalue weighted by Gasteiger charge is -2.20. The smallest absolute Gasteiger partial charge is 0.407 e. The molecular formula is C35H61N3O19. The molecule has 0 aliphatic carbocycles. The molecule has 0 atom stereocenters. The number of carbonyl (C=O) groups is 7. The molecule has 0 aromatic carbocycles. The molecule has 0 fully saturated rings. The minimum absolute atomic E-state index is 0.0105. The van der Waals surface area contributed by atoms with Gasteiger partial charge in [0.25, 0.3) is 0 Å². The Balaban J connectivity index is 3.84. The van der Waals surface area contributed by atoms with E-state index in [1.54, 1.807) is 4.90 Å². The zero-order valence-corrected chi connectivity index (χ0v) is 33.4. The van der Waals surface area contributed by atoms with Gasteiger partial charge in [-0.2, -0.15) is 0 Å². The van der Waals surface area contributed by atoms with Crippen LogP contribution in [0, 0.1) is 0 Å². The van der Waals surface area contributed by atoms with Gasteiger partial charge in [0.15, 0.2) is 0 Å². The molecule has 0 aliphatic heterocycles. The first-order chi connectivity index (χ1) is 27.6. The van der Waals surface area contributed by atoms with Crippen molar-refractivity contribution in [3.05, 3.63) is 0 Å². The van der Waals surface area contributed by atoms with E-state index < -0.39 is 62.5 Å². The summed E-state index contributed by atoms with van der Waals surface area (Å²) in [7, 11) is 0. The van der Waals surface area contributed by atoms with Crippen LogP contribution in [-0.2, 0) is 80.8 Å². The maximum absolute atomic E-state index is 12.0. The Morgan fingerprint density at radius 2 is 0.737 bits per heavy atom. The topological polar surface area (TPSA) is 258 Å². The predicted octanol–water partition coefficient (Wildman–Crippen LogP) is -0.578. The maximum atomic E-state index is 12.0. The van der Waals surface area contributed by atoms with Crippen LogP contribution in [0.2, 0.25) is 0 Å². The van der Waals surface area contributed by atoms with Gasteiger partial charge in [-0.3, -0.25) is 9.69 Å². The molecule has 0 radical (unpaired) electrons. The van der Waals surface area contributed by atoms with Crippen molar-refractivity contribution >= 4 is 41.8 Å². The van der Waals surface area contributed by atoms with Gasteiger partial charge in [0.05, 0.1) is 72.6 Å². The molecule has 0 unspecified atom stereocenters. The number of Topliss-reactive ketones (excluding diaryl/α,β-unsaturated/α-hetero) is 1. The van der Waals surface area contributed by atoms with Crippen molar-refractivity contribution in [3.8, 4) is 0 Å². The number of hydrogen-bond donors (Lipinski definition) is 2. The van der Waals surface area contributed by atoms with E-state index in [4.69, 9.17) is 56.8 Å². The number of alkyl carbamates (subject to hydrolysis) is 2. The van der Waals surface area contributed by atoms with Gasteiger partial charge in [0, 0.05) is 26.2 Å². The van der Waals surface area contributed by atoms with Crippen molar-refractivity contribution in [2.75, 3.05) is 152 Å². The van der Waals surface area contributed by atoms with Crippen molar-refractivity contribution in [3.63, 3.8) is 0 Å². The average Bonchev–Trinajstić information content (AvgIpc) is 3.17. The summed E-state index contributed by atoms with van der Waals surface area (Å²) in [6, 6.07) is 0. The summed E-state index contributed by atoms with van der Waals surface area (Å²) >= 11 is 0. The second kappa shape index (κ2) is 38.7. The molecule has 0 saturated heterocycles. The number of carbonyl (C=O) groups excluding carboxylic acids is 7. The molecule has 0 aromatic heterocycles. The Kier molecular flexibility index (Phi) is 35.8. The Labute approximate surface area is 333 Å². The molecule has 57 heavy (non-hydrogen) atoms. The number of amides is 2. The molecule has 0 aromatic rings. The van der Waals surface area contributed by atoms with Crippen LogP contribution in [0.5, 0.6) is 0 Å². The lowest BCUT2D eigenvalue weighted by atomic mass is 10.4. The first kappa shape index (κ1) is 52.8. The quantitative estimate of drug-likeness (QED) is 0.0448. The summed E-state index contributed by atoms with van der Waals surface area (Å²) < 4.78 is 60.9. The summed E-state index contributed by atoms with van der Waals surface area (Å²) in [6.07, 6.45) is 0.480. The molecular weight excluding hydrogens is 766 g/mol. The van der Waals surface area contributed by atoms with E-state index in [-0.39, 0.29) is 105 Å². The second-order valence-electron chi connectivity index (χ2n) is 11.4. The number of nitrogens with one attached hydrogen (secondary N) is 2. The molecule has 0 spiro atoms. The molecule has 2 amide bonds. The Bertz CT molecular complexity index is 1040. The molecule has 0 bridgehead atoms. The first-order valence-corrected chi connectivity index (χ1v) is 18.7. The largest absolute Gasteiger partial charge is 0.463 e. The number of rotatable bonds is 38. The van der Waals surface area contributed by atoms with E-state index in [1.165, 1.54) is 6.92 Å². The van der Waals surface area contributed by atoms with E-state index in [9.17, 15) is 33.6 Å². The van der Waals surface area contributed by atoms with Crippen LogP contribution in [0.3, 0.4) is 0 Å². The fourth-order valence-electron chi connectivity index (χ4n) is 3.78. The lowest BCUT2D eigenvalue weighted by Crippen LogP contribution is -2.36.